The van der Waals surface area contributed by atoms with E-state index in [1.807, 2.05) is 30.3 Å². The highest BCUT2D eigenvalue weighted by atomic mass is 35.5. The Balaban J connectivity index is 2.31. The van der Waals surface area contributed by atoms with Crippen LogP contribution in [0.3, 0.4) is 0 Å². The van der Waals surface area contributed by atoms with Crippen molar-refractivity contribution in [3.63, 3.8) is 0 Å². The number of Topliss-reactive ketones (excluding diaryl/α,β-unsaturated/α-hetero) is 1. The van der Waals surface area contributed by atoms with E-state index in [9.17, 15) is 4.79 Å². The lowest BCUT2D eigenvalue weighted by Gasteiger charge is -2.09. The molecule has 2 nitrogen and oxygen atoms in total. The van der Waals surface area contributed by atoms with Gasteiger partial charge >= 0.3 is 0 Å². The summed E-state index contributed by atoms with van der Waals surface area (Å²) in [5.74, 6) is 0.815. The maximum Gasteiger partial charge on any atom is 0.159 e. The first-order valence-corrected chi connectivity index (χ1v) is 6.92. The van der Waals surface area contributed by atoms with Crippen molar-refractivity contribution in [2.45, 2.75) is 16.7 Å². The van der Waals surface area contributed by atoms with Crippen LogP contribution in [-0.4, -0.2) is 12.9 Å². The predicted molar refractivity (Wildman–Crippen MR) is 78.6 cm³/mol. The highest BCUT2D eigenvalue weighted by Gasteiger charge is 2.09. The van der Waals surface area contributed by atoms with Crippen LogP contribution in [-0.2, 0) is 0 Å². The van der Waals surface area contributed by atoms with E-state index in [0.717, 1.165) is 15.5 Å². The second kappa shape index (κ2) is 6.13. The maximum atomic E-state index is 11.3. The summed E-state index contributed by atoms with van der Waals surface area (Å²) in [5, 5.41) is 0.573. The molecule has 0 amide bonds. The minimum atomic E-state index is 0.00995. The summed E-state index contributed by atoms with van der Waals surface area (Å²) in [5.41, 5.74) is 0.620. The molecule has 19 heavy (non-hydrogen) atoms. The first kappa shape index (κ1) is 14.0. The average molecular weight is 293 g/mol. The Morgan fingerprint density at radius 3 is 2.53 bits per heavy atom. The van der Waals surface area contributed by atoms with E-state index < -0.39 is 0 Å². The summed E-state index contributed by atoms with van der Waals surface area (Å²) < 4.78 is 5.30. The Hall–Kier alpha value is -1.45. The van der Waals surface area contributed by atoms with Crippen molar-refractivity contribution in [2.75, 3.05) is 7.11 Å². The van der Waals surface area contributed by atoms with Gasteiger partial charge in [0.2, 0.25) is 0 Å². The van der Waals surface area contributed by atoms with E-state index in [1.165, 1.54) is 18.7 Å². The van der Waals surface area contributed by atoms with Gasteiger partial charge in [-0.25, -0.2) is 0 Å². The second-order valence-electron chi connectivity index (χ2n) is 3.95. The smallest absolute Gasteiger partial charge is 0.159 e. The van der Waals surface area contributed by atoms with Crippen LogP contribution in [0.1, 0.15) is 17.3 Å². The number of carbonyl (C=O) groups excluding carboxylic acids is 1. The van der Waals surface area contributed by atoms with Gasteiger partial charge in [0.25, 0.3) is 0 Å². The molecule has 0 N–H and O–H groups in total. The average Bonchev–Trinajstić information content (AvgIpc) is 2.41. The van der Waals surface area contributed by atoms with Crippen molar-refractivity contribution >= 4 is 29.1 Å². The molecule has 0 unspecified atom stereocenters. The fourth-order valence-corrected chi connectivity index (χ4v) is 2.85. The standard InChI is InChI=1S/C15H13ClO2S/c1-10(17)11-7-8-14(12(16)9-11)19-15-6-4-3-5-13(15)18-2/h3-9H,1-2H3. The van der Waals surface area contributed by atoms with Crippen molar-refractivity contribution in [3.8, 4) is 5.75 Å². The van der Waals surface area contributed by atoms with Crippen molar-refractivity contribution in [1.82, 2.24) is 0 Å². The summed E-state index contributed by atoms with van der Waals surface area (Å²) in [7, 11) is 1.64. The van der Waals surface area contributed by atoms with E-state index in [4.69, 9.17) is 16.3 Å². The van der Waals surface area contributed by atoms with Gasteiger partial charge in [-0.1, -0.05) is 41.6 Å². The Bertz CT molecular complexity index is 611. The van der Waals surface area contributed by atoms with Gasteiger partial charge in [-0.15, -0.1) is 0 Å². The molecule has 0 fully saturated rings. The van der Waals surface area contributed by atoms with E-state index in [-0.39, 0.29) is 5.78 Å². The zero-order valence-electron chi connectivity index (χ0n) is 10.6. The maximum absolute atomic E-state index is 11.3. The summed E-state index contributed by atoms with van der Waals surface area (Å²) in [6.07, 6.45) is 0. The van der Waals surface area contributed by atoms with Crippen LogP contribution in [0.2, 0.25) is 5.02 Å². The number of ketones is 1. The minimum Gasteiger partial charge on any atom is -0.496 e. The zero-order valence-corrected chi connectivity index (χ0v) is 12.2. The van der Waals surface area contributed by atoms with Crippen LogP contribution in [0.5, 0.6) is 5.75 Å². The van der Waals surface area contributed by atoms with Crippen LogP contribution >= 0.6 is 23.4 Å². The largest absolute Gasteiger partial charge is 0.496 e. The molecule has 0 aliphatic heterocycles. The molecule has 0 bridgehead atoms. The van der Waals surface area contributed by atoms with Crippen LogP contribution in [0.4, 0.5) is 0 Å². The SMILES string of the molecule is COc1ccccc1Sc1ccc(C(C)=O)cc1Cl. The van der Waals surface area contributed by atoms with Gasteiger partial charge in [0.05, 0.1) is 17.0 Å². The third kappa shape index (κ3) is 3.31. The number of hydrogen-bond acceptors (Lipinski definition) is 3. The number of carbonyl (C=O) groups is 1. The fourth-order valence-electron chi connectivity index (χ4n) is 1.62. The molecule has 0 heterocycles. The van der Waals surface area contributed by atoms with Crippen LogP contribution in [0, 0.1) is 0 Å². The molecule has 0 radical (unpaired) electrons. The molecule has 2 aromatic carbocycles. The molecule has 98 valence electrons. The van der Waals surface area contributed by atoms with Crippen LogP contribution < -0.4 is 4.74 Å². The number of methoxy groups -OCH3 is 1. The first-order chi connectivity index (χ1) is 9.11. The summed E-state index contributed by atoms with van der Waals surface area (Å²) >= 11 is 7.72. The van der Waals surface area contributed by atoms with Gasteiger partial charge in [0.1, 0.15) is 5.75 Å². The first-order valence-electron chi connectivity index (χ1n) is 5.73. The minimum absolute atomic E-state index is 0.00995. The van der Waals surface area contributed by atoms with Gasteiger partial charge in [-0.05, 0) is 31.2 Å². The van der Waals surface area contributed by atoms with Crippen LogP contribution in [0.15, 0.2) is 52.3 Å². The molecule has 2 aromatic rings. The number of hydrogen-bond donors (Lipinski definition) is 0. The molecule has 0 atom stereocenters. The molecule has 2 rings (SSSR count). The molecule has 0 saturated carbocycles. The van der Waals surface area contributed by atoms with Crippen molar-refractivity contribution < 1.29 is 9.53 Å². The highest BCUT2D eigenvalue weighted by molar-refractivity contribution is 7.99. The molecule has 4 heteroatoms. The highest BCUT2D eigenvalue weighted by Crippen LogP contribution is 2.38. The number of halogens is 1. The normalized spacial score (nSPS) is 10.3. The zero-order chi connectivity index (χ0) is 13.8. The Kier molecular flexibility index (Phi) is 4.51. The third-order valence-corrected chi connectivity index (χ3v) is 4.19. The topological polar surface area (TPSA) is 26.3 Å². The van der Waals surface area contributed by atoms with Gasteiger partial charge in [-0.3, -0.25) is 4.79 Å². The Labute approximate surface area is 121 Å². The number of benzene rings is 2. The summed E-state index contributed by atoms with van der Waals surface area (Å²) in [6, 6.07) is 13.1. The molecule has 0 aliphatic rings. The lowest BCUT2D eigenvalue weighted by Crippen LogP contribution is -1.92. The molecule has 0 saturated heterocycles. The Morgan fingerprint density at radius 1 is 1.16 bits per heavy atom. The fraction of sp³-hybridized carbons (Fsp3) is 0.133. The van der Waals surface area contributed by atoms with E-state index in [1.54, 1.807) is 19.2 Å². The van der Waals surface area contributed by atoms with Gasteiger partial charge in [0, 0.05) is 10.5 Å². The Morgan fingerprint density at radius 2 is 1.89 bits per heavy atom. The lowest BCUT2D eigenvalue weighted by molar-refractivity contribution is 0.101. The van der Waals surface area contributed by atoms with Crippen molar-refractivity contribution in [3.05, 3.63) is 53.1 Å². The number of rotatable bonds is 4. The molecule has 0 aliphatic carbocycles. The summed E-state index contributed by atoms with van der Waals surface area (Å²) in [6.45, 7) is 1.53. The lowest BCUT2D eigenvalue weighted by atomic mass is 10.1. The van der Waals surface area contributed by atoms with Crippen molar-refractivity contribution in [2.24, 2.45) is 0 Å². The number of ether oxygens (including phenoxy) is 1. The quantitative estimate of drug-likeness (QED) is 0.764. The molecule has 0 spiro atoms. The number of para-hydroxylation sites is 1. The van der Waals surface area contributed by atoms with E-state index in [2.05, 4.69) is 0 Å². The molecular weight excluding hydrogens is 280 g/mol. The van der Waals surface area contributed by atoms with Crippen molar-refractivity contribution in [1.29, 1.82) is 0 Å². The molecule has 0 aromatic heterocycles. The summed E-state index contributed by atoms with van der Waals surface area (Å²) in [4.78, 5) is 13.2. The van der Waals surface area contributed by atoms with Gasteiger partial charge in [0.15, 0.2) is 5.78 Å². The van der Waals surface area contributed by atoms with Gasteiger partial charge < -0.3 is 4.74 Å². The van der Waals surface area contributed by atoms with E-state index in [0.29, 0.717) is 10.6 Å². The second-order valence-corrected chi connectivity index (χ2v) is 5.45. The predicted octanol–water partition coefficient (Wildman–Crippen LogP) is 4.70. The third-order valence-electron chi connectivity index (χ3n) is 2.63. The van der Waals surface area contributed by atoms with Crippen LogP contribution in [0.25, 0.3) is 0 Å². The van der Waals surface area contributed by atoms with E-state index >= 15 is 0 Å². The molecular formula is C15H13ClO2S. The van der Waals surface area contributed by atoms with Gasteiger partial charge in [-0.2, -0.15) is 0 Å². The monoisotopic (exact) mass is 292 g/mol.